The largest absolute Gasteiger partial charge is 0.294 e. The van der Waals surface area contributed by atoms with Gasteiger partial charge >= 0.3 is 0 Å². The molecule has 1 atom stereocenters. The summed E-state index contributed by atoms with van der Waals surface area (Å²) in [6.45, 7) is 10.3. The number of aromatic nitrogens is 1. The molecule has 1 heterocycles. The van der Waals surface area contributed by atoms with Crippen molar-refractivity contribution < 1.29 is 4.79 Å². The number of hydrogen-bond acceptors (Lipinski definition) is 2. The number of aryl methyl sites for hydroxylation is 2. The van der Waals surface area contributed by atoms with Crippen molar-refractivity contribution in [2.24, 2.45) is 11.8 Å². The number of ketones is 1. The molecule has 0 aliphatic heterocycles. The third kappa shape index (κ3) is 4.10. The lowest BCUT2D eigenvalue weighted by molar-refractivity contribution is -0.111. The zero-order chi connectivity index (χ0) is 17.0. The molecule has 1 unspecified atom stereocenters. The second-order valence-corrected chi connectivity index (χ2v) is 7.11. The van der Waals surface area contributed by atoms with Crippen molar-refractivity contribution in [2.75, 3.05) is 0 Å². The van der Waals surface area contributed by atoms with Gasteiger partial charge in [-0.15, -0.1) is 0 Å². The van der Waals surface area contributed by atoms with Crippen molar-refractivity contribution in [2.45, 2.75) is 73.1 Å². The maximum atomic E-state index is 12.4. The van der Waals surface area contributed by atoms with Crippen LogP contribution in [0.25, 0.3) is 5.57 Å². The van der Waals surface area contributed by atoms with Gasteiger partial charge in [-0.3, -0.25) is 9.78 Å². The summed E-state index contributed by atoms with van der Waals surface area (Å²) >= 11 is 0. The first-order valence-corrected chi connectivity index (χ1v) is 9.14. The minimum atomic E-state index is 0.170. The number of allylic oxidation sites excluding steroid dienone is 2. The number of hydrogen-bond donors (Lipinski definition) is 0. The van der Waals surface area contributed by atoms with Crippen LogP contribution in [-0.2, 0) is 11.2 Å². The summed E-state index contributed by atoms with van der Waals surface area (Å²) in [5, 5.41) is 0. The van der Waals surface area contributed by atoms with Gasteiger partial charge in [0.05, 0.1) is 0 Å². The van der Waals surface area contributed by atoms with Gasteiger partial charge in [-0.2, -0.15) is 0 Å². The van der Waals surface area contributed by atoms with Crippen LogP contribution in [0.5, 0.6) is 0 Å². The number of nitrogens with zero attached hydrogens (tertiary/aromatic N) is 1. The summed E-state index contributed by atoms with van der Waals surface area (Å²) in [4.78, 5) is 16.9. The van der Waals surface area contributed by atoms with E-state index in [4.69, 9.17) is 0 Å². The van der Waals surface area contributed by atoms with Crippen LogP contribution in [0.3, 0.4) is 0 Å². The average molecular weight is 313 g/mol. The Morgan fingerprint density at radius 1 is 1.30 bits per heavy atom. The highest BCUT2D eigenvalue weighted by Gasteiger charge is 2.27. The Morgan fingerprint density at radius 3 is 2.48 bits per heavy atom. The van der Waals surface area contributed by atoms with Crippen molar-refractivity contribution in [1.82, 2.24) is 4.98 Å². The van der Waals surface area contributed by atoms with E-state index in [1.54, 1.807) is 6.92 Å². The van der Waals surface area contributed by atoms with E-state index in [1.807, 2.05) is 13.1 Å². The summed E-state index contributed by atoms with van der Waals surface area (Å²) in [6.07, 6.45) is 9.25. The van der Waals surface area contributed by atoms with Crippen LogP contribution in [0.1, 0.15) is 76.6 Å². The summed E-state index contributed by atoms with van der Waals surface area (Å²) in [6, 6.07) is 2.16. The van der Waals surface area contributed by atoms with Crippen LogP contribution in [0.2, 0.25) is 0 Å². The molecule has 1 aliphatic rings. The molecule has 126 valence electrons. The van der Waals surface area contributed by atoms with Gasteiger partial charge in [-0.1, -0.05) is 45.1 Å². The highest BCUT2D eigenvalue weighted by Crippen LogP contribution is 2.39. The number of pyridine rings is 1. The fourth-order valence-corrected chi connectivity index (χ4v) is 3.79. The highest BCUT2D eigenvalue weighted by atomic mass is 16.1. The predicted octanol–water partition coefficient (Wildman–Crippen LogP) is 5.53. The molecule has 1 fully saturated rings. The Labute approximate surface area is 141 Å². The highest BCUT2D eigenvalue weighted by molar-refractivity contribution is 6.20. The molecule has 1 aromatic rings. The van der Waals surface area contributed by atoms with E-state index in [2.05, 4.69) is 31.8 Å². The second-order valence-electron chi connectivity index (χ2n) is 7.11. The smallest absolute Gasteiger partial charge is 0.160 e. The van der Waals surface area contributed by atoms with Gasteiger partial charge in [0.15, 0.2) is 5.78 Å². The van der Waals surface area contributed by atoms with Crippen LogP contribution in [-0.4, -0.2) is 10.8 Å². The summed E-state index contributed by atoms with van der Waals surface area (Å²) < 4.78 is 0. The van der Waals surface area contributed by atoms with Crippen molar-refractivity contribution in [3.8, 4) is 0 Å². The molecular formula is C21H31NO. The maximum Gasteiger partial charge on any atom is 0.160 e. The molecule has 2 nitrogen and oxygen atoms in total. The van der Waals surface area contributed by atoms with E-state index in [1.165, 1.54) is 36.8 Å². The maximum absolute atomic E-state index is 12.4. The number of carbonyl (C=O) groups is 1. The Hall–Kier alpha value is -1.44. The Kier molecular flexibility index (Phi) is 6.15. The number of carbonyl (C=O) groups excluding carboxylic acids is 1. The Morgan fingerprint density at radius 2 is 2.00 bits per heavy atom. The van der Waals surface area contributed by atoms with E-state index in [0.29, 0.717) is 0 Å². The molecule has 1 saturated carbocycles. The van der Waals surface area contributed by atoms with E-state index < -0.39 is 0 Å². The standard InChI is InChI=1S/C21H31NO/c1-6-17-12-20(15(4)22-13-17)21(16(5)23)14(3)11-18(7-2)19-9-8-10-19/h12-13,18-19H,6-11H2,1-5H3. The molecule has 0 spiro atoms. The monoisotopic (exact) mass is 313 g/mol. The van der Waals surface area contributed by atoms with Crippen molar-refractivity contribution in [3.05, 3.63) is 34.7 Å². The van der Waals surface area contributed by atoms with Crippen LogP contribution < -0.4 is 0 Å². The van der Waals surface area contributed by atoms with Crippen LogP contribution in [0.15, 0.2) is 17.8 Å². The molecule has 0 N–H and O–H groups in total. The lowest BCUT2D eigenvalue weighted by Gasteiger charge is -2.34. The molecule has 1 aromatic heterocycles. The molecule has 0 aromatic carbocycles. The van der Waals surface area contributed by atoms with Gasteiger partial charge < -0.3 is 0 Å². The Balaban J connectivity index is 2.37. The number of rotatable bonds is 7. The lowest BCUT2D eigenvalue weighted by atomic mass is 9.72. The summed E-state index contributed by atoms with van der Waals surface area (Å²) in [7, 11) is 0. The molecule has 0 bridgehead atoms. The van der Waals surface area contributed by atoms with Crippen LogP contribution >= 0.6 is 0 Å². The second kappa shape index (κ2) is 7.90. The minimum Gasteiger partial charge on any atom is -0.294 e. The zero-order valence-electron chi connectivity index (χ0n) is 15.4. The lowest BCUT2D eigenvalue weighted by Crippen LogP contribution is -2.22. The van der Waals surface area contributed by atoms with E-state index >= 15 is 0 Å². The number of Topliss-reactive ketones (excluding diaryl/α,β-unsaturated/α-hetero) is 1. The van der Waals surface area contributed by atoms with E-state index in [9.17, 15) is 4.79 Å². The minimum absolute atomic E-state index is 0.170. The third-order valence-electron chi connectivity index (χ3n) is 5.51. The van der Waals surface area contributed by atoms with Gasteiger partial charge in [-0.05, 0) is 57.1 Å². The molecule has 0 saturated heterocycles. The molecule has 23 heavy (non-hydrogen) atoms. The average Bonchev–Trinajstić information content (AvgIpc) is 2.46. The van der Waals surface area contributed by atoms with Crippen LogP contribution in [0, 0.1) is 18.8 Å². The molecule has 1 aliphatic carbocycles. The summed E-state index contributed by atoms with van der Waals surface area (Å²) in [5.41, 5.74) is 5.35. The van der Waals surface area contributed by atoms with Gasteiger partial charge in [-0.25, -0.2) is 0 Å². The quantitative estimate of drug-likeness (QED) is 0.619. The first kappa shape index (κ1) is 17.9. The first-order valence-electron chi connectivity index (χ1n) is 9.14. The molecule has 0 radical (unpaired) electrons. The third-order valence-corrected chi connectivity index (χ3v) is 5.51. The van der Waals surface area contributed by atoms with Crippen molar-refractivity contribution in [1.29, 1.82) is 0 Å². The van der Waals surface area contributed by atoms with Crippen molar-refractivity contribution >= 4 is 11.4 Å². The molecule has 2 heteroatoms. The SMILES string of the molecule is CCc1cnc(C)c(C(C(C)=O)=C(C)CC(CC)C2CCC2)c1. The van der Waals surface area contributed by atoms with Gasteiger partial charge in [0.1, 0.15) is 0 Å². The van der Waals surface area contributed by atoms with E-state index in [0.717, 1.165) is 41.5 Å². The zero-order valence-corrected chi connectivity index (χ0v) is 15.4. The Bertz CT molecular complexity index is 596. The van der Waals surface area contributed by atoms with Gasteiger partial charge in [0, 0.05) is 23.0 Å². The fraction of sp³-hybridized carbons (Fsp3) is 0.619. The molecule has 2 rings (SSSR count). The fourth-order valence-electron chi connectivity index (χ4n) is 3.79. The van der Waals surface area contributed by atoms with Crippen LogP contribution in [0.4, 0.5) is 0 Å². The molecular weight excluding hydrogens is 282 g/mol. The molecule has 0 amide bonds. The van der Waals surface area contributed by atoms with E-state index in [-0.39, 0.29) is 5.78 Å². The van der Waals surface area contributed by atoms with Gasteiger partial charge in [0.2, 0.25) is 0 Å². The topological polar surface area (TPSA) is 30.0 Å². The van der Waals surface area contributed by atoms with Crippen molar-refractivity contribution in [3.63, 3.8) is 0 Å². The predicted molar refractivity (Wildman–Crippen MR) is 97.4 cm³/mol. The van der Waals surface area contributed by atoms with Gasteiger partial charge in [0.25, 0.3) is 0 Å². The summed E-state index contributed by atoms with van der Waals surface area (Å²) in [5.74, 6) is 1.76. The first-order chi connectivity index (χ1) is 11.0. The normalized spacial score (nSPS) is 17.4.